The number of benzene rings is 1. The molecule has 0 unspecified atom stereocenters. The second kappa shape index (κ2) is 4.50. The molecule has 0 bridgehead atoms. The highest BCUT2D eigenvalue weighted by Crippen LogP contribution is 2.43. The molecule has 3 nitrogen and oxygen atoms in total. The van der Waals surface area contributed by atoms with Gasteiger partial charge in [0.15, 0.2) is 11.5 Å². The molecular formula is C13H17BrO3. The lowest BCUT2D eigenvalue weighted by Gasteiger charge is -2.24. The van der Waals surface area contributed by atoms with Gasteiger partial charge < -0.3 is 14.6 Å². The minimum atomic E-state index is -0.909. The van der Waals surface area contributed by atoms with E-state index in [1.54, 1.807) is 13.8 Å². The van der Waals surface area contributed by atoms with Crippen LogP contribution in [0.15, 0.2) is 10.5 Å². The smallest absolute Gasteiger partial charge is 0.164 e. The van der Waals surface area contributed by atoms with Crippen LogP contribution in [-0.4, -0.2) is 18.3 Å². The summed E-state index contributed by atoms with van der Waals surface area (Å²) in [6.07, 6.45) is 0.879. The van der Waals surface area contributed by atoms with E-state index >= 15 is 0 Å². The van der Waals surface area contributed by atoms with Gasteiger partial charge in [-0.15, -0.1) is 0 Å². The Kier molecular flexibility index (Phi) is 3.36. The van der Waals surface area contributed by atoms with Crippen molar-refractivity contribution in [1.82, 2.24) is 0 Å². The summed E-state index contributed by atoms with van der Waals surface area (Å²) < 4.78 is 12.2. The number of rotatable bonds is 1. The van der Waals surface area contributed by atoms with Crippen LogP contribution in [0.5, 0.6) is 11.5 Å². The zero-order valence-corrected chi connectivity index (χ0v) is 11.9. The highest BCUT2D eigenvalue weighted by atomic mass is 79.9. The van der Waals surface area contributed by atoms with E-state index < -0.39 is 5.60 Å². The second-order valence-corrected chi connectivity index (χ2v) is 5.65. The Bertz CT molecular complexity index is 435. The highest BCUT2D eigenvalue weighted by Gasteiger charge is 2.27. The molecule has 0 atom stereocenters. The minimum absolute atomic E-state index is 0.654. The lowest BCUT2D eigenvalue weighted by atomic mass is 9.93. The van der Waals surface area contributed by atoms with E-state index in [1.807, 2.05) is 13.0 Å². The van der Waals surface area contributed by atoms with E-state index in [0.29, 0.717) is 13.2 Å². The van der Waals surface area contributed by atoms with Crippen molar-refractivity contribution >= 4 is 15.9 Å². The Labute approximate surface area is 110 Å². The van der Waals surface area contributed by atoms with Gasteiger partial charge in [0, 0.05) is 22.0 Å². The number of hydrogen-bond acceptors (Lipinski definition) is 3. The molecule has 94 valence electrons. The topological polar surface area (TPSA) is 38.7 Å². The summed E-state index contributed by atoms with van der Waals surface area (Å²) in [6.45, 7) is 6.81. The predicted octanol–water partition coefficient (Wildman–Crippen LogP) is 3.15. The molecule has 0 amide bonds. The van der Waals surface area contributed by atoms with Crippen molar-refractivity contribution in [3.63, 3.8) is 0 Å². The molecule has 0 fully saturated rings. The summed E-state index contributed by atoms with van der Waals surface area (Å²) in [7, 11) is 0. The van der Waals surface area contributed by atoms with Gasteiger partial charge in [0.1, 0.15) is 0 Å². The van der Waals surface area contributed by atoms with Gasteiger partial charge in [-0.2, -0.15) is 0 Å². The van der Waals surface area contributed by atoms with Gasteiger partial charge in [0.2, 0.25) is 0 Å². The molecule has 1 aromatic rings. The van der Waals surface area contributed by atoms with Gasteiger partial charge in [0.05, 0.1) is 18.8 Å². The van der Waals surface area contributed by atoms with Crippen LogP contribution < -0.4 is 9.47 Å². The fraction of sp³-hybridized carbons (Fsp3) is 0.538. The van der Waals surface area contributed by atoms with E-state index in [2.05, 4.69) is 15.9 Å². The Morgan fingerprint density at radius 1 is 1.29 bits per heavy atom. The number of ether oxygens (including phenoxy) is 2. The summed E-state index contributed by atoms with van der Waals surface area (Å²) in [4.78, 5) is 0. The fourth-order valence-corrected chi connectivity index (χ4v) is 3.17. The maximum absolute atomic E-state index is 10.2. The third-order valence-electron chi connectivity index (χ3n) is 2.84. The molecule has 0 spiro atoms. The zero-order valence-electron chi connectivity index (χ0n) is 10.3. The van der Waals surface area contributed by atoms with Crippen molar-refractivity contribution in [1.29, 1.82) is 0 Å². The molecule has 1 aromatic carbocycles. The molecule has 17 heavy (non-hydrogen) atoms. The molecule has 0 aliphatic carbocycles. The largest absolute Gasteiger partial charge is 0.490 e. The first-order valence-corrected chi connectivity index (χ1v) is 6.52. The van der Waals surface area contributed by atoms with Gasteiger partial charge in [-0.1, -0.05) is 15.9 Å². The summed E-state index contributed by atoms with van der Waals surface area (Å²) >= 11 is 3.49. The maximum Gasteiger partial charge on any atom is 0.164 e. The van der Waals surface area contributed by atoms with Crippen molar-refractivity contribution in [3.8, 4) is 11.5 Å². The Balaban J connectivity index is 2.61. The monoisotopic (exact) mass is 300 g/mol. The van der Waals surface area contributed by atoms with Crippen molar-refractivity contribution in [2.45, 2.75) is 32.8 Å². The van der Waals surface area contributed by atoms with Gasteiger partial charge in [0.25, 0.3) is 0 Å². The molecule has 0 saturated carbocycles. The molecule has 1 aliphatic rings. The van der Waals surface area contributed by atoms with E-state index in [0.717, 1.165) is 33.5 Å². The second-order valence-electron chi connectivity index (χ2n) is 4.80. The summed E-state index contributed by atoms with van der Waals surface area (Å²) in [5.41, 5.74) is 0.874. The molecule has 0 aromatic heterocycles. The maximum atomic E-state index is 10.2. The third kappa shape index (κ3) is 2.43. The summed E-state index contributed by atoms with van der Waals surface area (Å²) in [6, 6.07) is 1.88. The van der Waals surface area contributed by atoms with Crippen LogP contribution in [0.2, 0.25) is 0 Å². The Morgan fingerprint density at radius 3 is 2.59 bits per heavy atom. The van der Waals surface area contributed by atoms with Crippen molar-refractivity contribution in [2.75, 3.05) is 13.2 Å². The number of hydrogen-bond donors (Lipinski definition) is 1. The van der Waals surface area contributed by atoms with Crippen molar-refractivity contribution in [2.24, 2.45) is 0 Å². The molecule has 2 rings (SSSR count). The van der Waals surface area contributed by atoms with Crippen LogP contribution >= 0.6 is 15.9 Å². The molecule has 0 radical (unpaired) electrons. The van der Waals surface area contributed by atoms with Gasteiger partial charge in [-0.05, 0) is 26.8 Å². The quantitative estimate of drug-likeness (QED) is 0.866. The average Bonchev–Trinajstić information content (AvgIpc) is 2.40. The first-order chi connectivity index (χ1) is 7.91. The van der Waals surface area contributed by atoms with Crippen LogP contribution in [0.25, 0.3) is 0 Å². The van der Waals surface area contributed by atoms with Crippen LogP contribution in [-0.2, 0) is 5.60 Å². The van der Waals surface area contributed by atoms with Crippen molar-refractivity contribution < 1.29 is 14.6 Å². The summed E-state index contributed by atoms with van der Waals surface area (Å²) in [5.74, 6) is 1.50. The van der Waals surface area contributed by atoms with Gasteiger partial charge in [-0.3, -0.25) is 0 Å². The van der Waals surface area contributed by atoms with Crippen LogP contribution in [0.1, 0.15) is 31.4 Å². The average molecular weight is 301 g/mol. The molecule has 1 N–H and O–H groups in total. The minimum Gasteiger partial charge on any atom is -0.490 e. The molecular weight excluding hydrogens is 284 g/mol. The highest BCUT2D eigenvalue weighted by molar-refractivity contribution is 9.10. The SMILES string of the molecule is Cc1c2c(cc(Br)c1C(C)(C)O)OCCCO2. The van der Waals surface area contributed by atoms with Crippen molar-refractivity contribution in [3.05, 3.63) is 21.7 Å². The fourth-order valence-electron chi connectivity index (χ4n) is 2.18. The molecule has 1 aliphatic heterocycles. The summed E-state index contributed by atoms with van der Waals surface area (Å²) in [5, 5.41) is 10.2. The van der Waals surface area contributed by atoms with Crippen LogP contribution in [0.4, 0.5) is 0 Å². The molecule has 0 saturated heterocycles. The molecule has 4 heteroatoms. The van der Waals surface area contributed by atoms with Gasteiger partial charge >= 0.3 is 0 Å². The molecule has 1 heterocycles. The first kappa shape index (κ1) is 12.7. The Hall–Kier alpha value is -0.740. The number of fused-ring (bicyclic) bond motifs is 1. The van der Waals surface area contributed by atoms with E-state index in [-0.39, 0.29) is 0 Å². The van der Waals surface area contributed by atoms with E-state index in [9.17, 15) is 5.11 Å². The van der Waals surface area contributed by atoms with E-state index in [1.165, 1.54) is 0 Å². The third-order valence-corrected chi connectivity index (χ3v) is 3.47. The predicted molar refractivity (Wildman–Crippen MR) is 69.7 cm³/mol. The van der Waals surface area contributed by atoms with E-state index in [4.69, 9.17) is 9.47 Å². The van der Waals surface area contributed by atoms with Crippen LogP contribution in [0, 0.1) is 6.92 Å². The Morgan fingerprint density at radius 2 is 1.94 bits per heavy atom. The zero-order chi connectivity index (χ0) is 12.6. The van der Waals surface area contributed by atoms with Crippen LogP contribution in [0.3, 0.4) is 0 Å². The first-order valence-electron chi connectivity index (χ1n) is 5.73. The number of aliphatic hydroxyl groups is 1. The normalized spacial score (nSPS) is 15.6. The standard InChI is InChI=1S/C13H17BrO3/c1-8-11(13(2,3)15)9(14)7-10-12(8)17-6-4-5-16-10/h7,15H,4-6H2,1-3H3. The lowest BCUT2D eigenvalue weighted by molar-refractivity contribution is 0.0767. The van der Waals surface area contributed by atoms with Gasteiger partial charge in [-0.25, -0.2) is 0 Å². The number of halogens is 1. The lowest BCUT2D eigenvalue weighted by Crippen LogP contribution is -2.18.